The number of rotatable bonds is 5. The summed E-state index contributed by atoms with van der Waals surface area (Å²) in [6.45, 7) is 8.16. The van der Waals surface area contributed by atoms with Crippen LogP contribution in [-0.2, 0) is 9.53 Å². The minimum atomic E-state index is -1.29. The maximum absolute atomic E-state index is 15.3. The molecule has 0 fully saturated rings. The predicted molar refractivity (Wildman–Crippen MR) is 151 cm³/mol. The van der Waals surface area contributed by atoms with Gasteiger partial charge in [-0.05, 0) is 67.4 Å². The molecule has 210 valence electrons. The van der Waals surface area contributed by atoms with E-state index in [0.29, 0.717) is 14.5 Å². The molecule has 1 aromatic carbocycles. The Labute approximate surface area is 241 Å². The number of carbonyl (C=O) groups excluding carboxylic acids is 2. The number of hydrogen-bond acceptors (Lipinski definition) is 8. The molecule has 14 heteroatoms. The van der Waals surface area contributed by atoms with Crippen LogP contribution in [0.3, 0.4) is 0 Å². The first-order chi connectivity index (χ1) is 18.2. The van der Waals surface area contributed by atoms with E-state index in [1.165, 1.54) is 31.6 Å². The van der Waals surface area contributed by atoms with Gasteiger partial charge in [0.1, 0.15) is 26.5 Å². The SMILES string of the molecule is CNC(=O)[C@@]1(C)SC(N(SF)C(=O)OC(C)(C)C)=NC(c2cc(/C=C(\F)c3cnc(Br)cn3)ccc2F)C1C. The number of benzene rings is 1. The van der Waals surface area contributed by atoms with Crippen LogP contribution < -0.4 is 5.32 Å². The Morgan fingerprint density at radius 1 is 1.28 bits per heavy atom. The molecule has 1 aromatic heterocycles. The Kier molecular flexibility index (Phi) is 9.76. The summed E-state index contributed by atoms with van der Waals surface area (Å²) in [6.07, 6.45) is 2.71. The van der Waals surface area contributed by atoms with Crippen LogP contribution in [0, 0.1) is 11.7 Å². The van der Waals surface area contributed by atoms with E-state index in [1.807, 2.05) is 0 Å². The van der Waals surface area contributed by atoms with E-state index in [9.17, 15) is 17.9 Å². The second kappa shape index (κ2) is 12.3. The van der Waals surface area contributed by atoms with E-state index < -0.39 is 58.3 Å². The van der Waals surface area contributed by atoms with Gasteiger partial charge in [-0.25, -0.2) is 23.5 Å². The maximum atomic E-state index is 15.3. The van der Waals surface area contributed by atoms with E-state index in [2.05, 4.69) is 36.2 Å². The second-order valence-corrected chi connectivity index (χ2v) is 12.5. The van der Waals surface area contributed by atoms with Crippen LogP contribution in [0.1, 0.15) is 57.5 Å². The Hall–Kier alpha value is -2.58. The van der Waals surface area contributed by atoms with Crippen molar-refractivity contribution in [3.05, 3.63) is 57.8 Å². The number of thioether (sulfide) groups is 1. The maximum Gasteiger partial charge on any atom is 0.428 e. The standard InChI is InChI=1S/C25H27BrF3N5O3S2/c1-13-20(15-9-14(7-8-16(15)27)10-17(28)18-11-32-19(26)12-31-18)33-22(38-25(13,5)21(35)30-6)34(39-29)23(36)37-24(2,3)4/h7-13,20H,1-6H3,(H,30,35)/b17-10-/t13?,20?,25-/m0/s1. The van der Waals surface area contributed by atoms with Crippen LogP contribution in [0.15, 0.2) is 40.2 Å². The lowest BCUT2D eigenvalue weighted by Gasteiger charge is -2.41. The van der Waals surface area contributed by atoms with Crippen LogP contribution in [0.25, 0.3) is 11.9 Å². The van der Waals surface area contributed by atoms with Crippen LogP contribution in [0.4, 0.5) is 17.5 Å². The van der Waals surface area contributed by atoms with Crippen molar-refractivity contribution in [3.63, 3.8) is 0 Å². The summed E-state index contributed by atoms with van der Waals surface area (Å²) in [7, 11) is 1.44. The number of nitrogens with zero attached hydrogens (tertiary/aromatic N) is 4. The van der Waals surface area contributed by atoms with Gasteiger partial charge in [-0.3, -0.25) is 9.79 Å². The molecule has 3 rings (SSSR count). The number of ether oxygens (including phenoxy) is 1. The number of amidine groups is 1. The van der Waals surface area contributed by atoms with Crippen molar-refractivity contribution in [3.8, 4) is 0 Å². The normalized spacial score (nSPS) is 21.7. The molecule has 0 spiro atoms. The lowest BCUT2D eigenvalue weighted by molar-refractivity contribution is -0.124. The molecule has 1 aliphatic rings. The van der Waals surface area contributed by atoms with Gasteiger partial charge >= 0.3 is 6.09 Å². The number of carbonyl (C=O) groups is 2. The van der Waals surface area contributed by atoms with Gasteiger partial charge in [0.25, 0.3) is 0 Å². The minimum absolute atomic E-state index is 0.0213. The van der Waals surface area contributed by atoms with Crippen molar-refractivity contribution in [2.75, 3.05) is 7.05 Å². The summed E-state index contributed by atoms with van der Waals surface area (Å²) >= 11 is 3.57. The third-order valence-corrected chi connectivity index (χ3v) is 8.31. The molecule has 0 radical (unpaired) electrons. The molecule has 0 saturated heterocycles. The van der Waals surface area contributed by atoms with E-state index in [1.54, 1.807) is 34.6 Å². The molecular weight excluding hydrogens is 619 g/mol. The summed E-state index contributed by atoms with van der Waals surface area (Å²) in [5.41, 5.74) is -0.627. The fraction of sp³-hybridized carbons (Fsp3) is 0.400. The quantitative estimate of drug-likeness (QED) is 0.353. The number of aromatic nitrogens is 2. The summed E-state index contributed by atoms with van der Waals surface area (Å²) in [6, 6.07) is 2.88. The van der Waals surface area contributed by atoms with Crippen molar-refractivity contribution >= 4 is 69.1 Å². The molecule has 2 heterocycles. The Morgan fingerprint density at radius 2 is 1.97 bits per heavy atom. The summed E-state index contributed by atoms with van der Waals surface area (Å²) in [4.78, 5) is 38.2. The molecule has 2 unspecified atom stereocenters. The van der Waals surface area contributed by atoms with Gasteiger partial charge in [0.15, 0.2) is 23.3 Å². The molecule has 1 aliphatic heterocycles. The highest BCUT2D eigenvalue weighted by atomic mass is 79.9. The average Bonchev–Trinajstić information content (AvgIpc) is 2.86. The molecule has 39 heavy (non-hydrogen) atoms. The Morgan fingerprint density at radius 3 is 2.54 bits per heavy atom. The molecule has 2 amide bonds. The van der Waals surface area contributed by atoms with E-state index >= 15 is 4.39 Å². The molecule has 2 aromatic rings. The zero-order chi connectivity index (χ0) is 29.1. The highest BCUT2D eigenvalue weighted by molar-refractivity contribution is 9.10. The number of aliphatic imine (C=N–C) groups is 1. The number of nitrogens with one attached hydrogen (secondary N) is 1. The lowest BCUT2D eigenvalue weighted by Crippen LogP contribution is -2.51. The van der Waals surface area contributed by atoms with E-state index in [-0.39, 0.29) is 16.4 Å². The number of halogens is 4. The fourth-order valence-corrected chi connectivity index (χ4v) is 5.56. The van der Waals surface area contributed by atoms with Crippen molar-refractivity contribution in [2.45, 2.75) is 51.0 Å². The Balaban J connectivity index is 2.11. The zero-order valence-corrected chi connectivity index (χ0v) is 25.2. The Bertz CT molecular complexity index is 1310. The first kappa shape index (κ1) is 31.0. The number of hydrogen-bond donors (Lipinski definition) is 1. The third kappa shape index (κ3) is 7.14. The van der Waals surface area contributed by atoms with Crippen LogP contribution in [-0.4, -0.2) is 48.8 Å². The molecule has 1 N–H and O–H groups in total. The molecule has 3 atom stereocenters. The van der Waals surface area contributed by atoms with E-state index in [4.69, 9.17) is 4.74 Å². The van der Waals surface area contributed by atoms with Crippen molar-refractivity contribution < 1.29 is 27.0 Å². The van der Waals surface area contributed by atoms with Crippen LogP contribution in [0.5, 0.6) is 0 Å². The van der Waals surface area contributed by atoms with Crippen LogP contribution >= 0.6 is 40.0 Å². The molecule has 0 aliphatic carbocycles. The summed E-state index contributed by atoms with van der Waals surface area (Å²) in [5, 5.41) is 2.40. The largest absolute Gasteiger partial charge is 0.443 e. The van der Waals surface area contributed by atoms with Crippen molar-refractivity contribution in [1.82, 2.24) is 19.6 Å². The molecule has 8 nitrogen and oxygen atoms in total. The molecule has 0 saturated carbocycles. The topological polar surface area (TPSA) is 96.8 Å². The monoisotopic (exact) mass is 645 g/mol. The van der Waals surface area contributed by atoms with Gasteiger partial charge in [-0.15, -0.1) is 3.89 Å². The molecule has 0 bridgehead atoms. The highest BCUT2D eigenvalue weighted by Crippen LogP contribution is 2.49. The fourth-order valence-electron chi connectivity index (χ4n) is 3.75. The van der Waals surface area contributed by atoms with Gasteiger partial charge in [0, 0.05) is 18.5 Å². The van der Waals surface area contributed by atoms with Gasteiger partial charge in [0.05, 0.1) is 18.4 Å². The first-order valence-corrected chi connectivity index (χ1v) is 13.9. The van der Waals surface area contributed by atoms with Gasteiger partial charge in [-0.1, -0.05) is 24.8 Å². The van der Waals surface area contributed by atoms with Crippen LogP contribution in [0.2, 0.25) is 0 Å². The third-order valence-electron chi connectivity index (χ3n) is 5.87. The van der Waals surface area contributed by atoms with Gasteiger partial charge in [-0.2, -0.15) is 4.31 Å². The summed E-state index contributed by atoms with van der Waals surface area (Å²) in [5.74, 6) is -2.43. The van der Waals surface area contributed by atoms with Crippen molar-refractivity contribution in [1.29, 1.82) is 0 Å². The highest BCUT2D eigenvalue weighted by Gasteiger charge is 2.50. The average molecular weight is 647 g/mol. The predicted octanol–water partition coefficient (Wildman–Crippen LogP) is 6.90. The minimum Gasteiger partial charge on any atom is -0.443 e. The second-order valence-electron chi connectivity index (χ2n) is 9.77. The van der Waals surface area contributed by atoms with Crippen molar-refractivity contribution in [2.24, 2.45) is 10.9 Å². The van der Waals surface area contributed by atoms with E-state index in [0.717, 1.165) is 23.9 Å². The molecular formula is C25H27BrF3N5O3S2. The first-order valence-electron chi connectivity index (χ1n) is 11.7. The smallest absolute Gasteiger partial charge is 0.428 e. The van der Waals surface area contributed by atoms with Gasteiger partial charge in [0.2, 0.25) is 5.91 Å². The summed E-state index contributed by atoms with van der Waals surface area (Å²) < 4.78 is 49.3. The number of amides is 2. The lowest BCUT2D eigenvalue weighted by atomic mass is 9.83. The zero-order valence-electron chi connectivity index (χ0n) is 22.0. The van der Waals surface area contributed by atoms with Gasteiger partial charge < -0.3 is 10.1 Å².